The topological polar surface area (TPSA) is 52.6 Å². The molecule has 0 saturated carbocycles. The van der Waals surface area contributed by atoms with Gasteiger partial charge in [0.25, 0.3) is 0 Å². The third kappa shape index (κ3) is 4.82. The van der Waals surface area contributed by atoms with Crippen LogP contribution in [0.2, 0.25) is 0 Å². The summed E-state index contributed by atoms with van der Waals surface area (Å²) in [5, 5.41) is 12.9. The van der Waals surface area contributed by atoms with Gasteiger partial charge in [0, 0.05) is 25.7 Å². The lowest BCUT2D eigenvalue weighted by molar-refractivity contribution is -0.124. The number of nitrogens with one attached hydrogen (secondary N) is 1. The number of aliphatic hydroxyl groups is 1. The first-order valence-corrected chi connectivity index (χ1v) is 8.19. The summed E-state index contributed by atoms with van der Waals surface area (Å²) in [7, 11) is 0. The first kappa shape index (κ1) is 17.0. The van der Waals surface area contributed by atoms with Crippen LogP contribution in [0.5, 0.6) is 0 Å². The van der Waals surface area contributed by atoms with Crippen LogP contribution in [0.4, 0.5) is 0 Å². The average Bonchev–Trinajstić information content (AvgIpc) is 2.79. The predicted molar refractivity (Wildman–Crippen MR) is 88.3 cm³/mol. The lowest BCUT2D eigenvalue weighted by atomic mass is 10.0. The predicted octanol–water partition coefficient (Wildman–Crippen LogP) is 2.03. The van der Waals surface area contributed by atoms with Crippen molar-refractivity contribution in [3.8, 4) is 0 Å². The Hall–Kier alpha value is -1.39. The largest absolute Gasteiger partial charge is 0.392 e. The van der Waals surface area contributed by atoms with Gasteiger partial charge >= 0.3 is 0 Å². The SMILES string of the molecule is CC(C)[C@H](O)CC(=O)N[C@H]1CN(Cc2ccccc2)C[C@H]1C. The molecule has 3 atom stereocenters. The lowest BCUT2D eigenvalue weighted by Crippen LogP contribution is -2.41. The molecule has 122 valence electrons. The normalized spacial score (nSPS) is 23.7. The van der Waals surface area contributed by atoms with E-state index in [1.807, 2.05) is 19.9 Å². The van der Waals surface area contributed by atoms with Gasteiger partial charge in [-0.2, -0.15) is 0 Å². The molecule has 1 heterocycles. The highest BCUT2D eigenvalue weighted by molar-refractivity contribution is 5.76. The Balaban J connectivity index is 1.82. The first-order chi connectivity index (χ1) is 10.5. The minimum Gasteiger partial charge on any atom is -0.392 e. The molecule has 1 amide bonds. The van der Waals surface area contributed by atoms with E-state index >= 15 is 0 Å². The fraction of sp³-hybridized carbons (Fsp3) is 0.611. The average molecular weight is 304 g/mol. The van der Waals surface area contributed by atoms with E-state index in [0.717, 1.165) is 19.6 Å². The minimum absolute atomic E-state index is 0.0420. The molecule has 1 aromatic rings. The van der Waals surface area contributed by atoms with Crippen molar-refractivity contribution in [3.63, 3.8) is 0 Å². The van der Waals surface area contributed by atoms with Crippen molar-refractivity contribution in [2.24, 2.45) is 11.8 Å². The Kier molecular flexibility index (Phi) is 5.98. The molecular formula is C18H28N2O2. The summed E-state index contributed by atoms with van der Waals surface area (Å²) in [6.45, 7) is 8.82. The number of hydrogen-bond donors (Lipinski definition) is 2. The number of benzene rings is 1. The van der Waals surface area contributed by atoms with E-state index in [2.05, 4.69) is 41.4 Å². The van der Waals surface area contributed by atoms with Crippen LogP contribution < -0.4 is 5.32 Å². The number of rotatable bonds is 6. The Bertz CT molecular complexity index is 475. The lowest BCUT2D eigenvalue weighted by Gasteiger charge is -2.19. The van der Waals surface area contributed by atoms with E-state index in [1.54, 1.807) is 0 Å². The summed E-state index contributed by atoms with van der Waals surface area (Å²) in [4.78, 5) is 14.4. The van der Waals surface area contributed by atoms with E-state index in [-0.39, 0.29) is 24.3 Å². The van der Waals surface area contributed by atoms with Crippen LogP contribution in [0, 0.1) is 11.8 Å². The molecule has 1 saturated heterocycles. The van der Waals surface area contributed by atoms with E-state index in [4.69, 9.17) is 0 Å². The summed E-state index contributed by atoms with van der Waals surface area (Å²) >= 11 is 0. The van der Waals surface area contributed by atoms with E-state index in [1.165, 1.54) is 5.56 Å². The molecule has 1 fully saturated rings. The van der Waals surface area contributed by atoms with Crippen LogP contribution in [0.25, 0.3) is 0 Å². The highest BCUT2D eigenvalue weighted by atomic mass is 16.3. The maximum atomic E-state index is 12.0. The van der Waals surface area contributed by atoms with Gasteiger partial charge in [-0.25, -0.2) is 0 Å². The van der Waals surface area contributed by atoms with Gasteiger partial charge in [-0.15, -0.1) is 0 Å². The quantitative estimate of drug-likeness (QED) is 0.845. The van der Waals surface area contributed by atoms with Gasteiger partial charge < -0.3 is 10.4 Å². The molecule has 0 radical (unpaired) electrons. The molecule has 1 aliphatic heterocycles. The fourth-order valence-electron chi connectivity index (χ4n) is 2.92. The number of carbonyl (C=O) groups excluding carboxylic acids is 1. The molecule has 4 nitrogen and oxygen atoms in total. The second-order valence-electron chi connectivity index (χ2n) is 6.85. The Labute approximate surface area is 133 Å². The van der Waals surface area contributed by atoms with Crippen molar-refractivity contribution in [2.75, 3.05) is 13.1 Å². The summed E-state index contributed by atoms with van der Waals surface area (Å²) < 4.78 is 0. The van der Waals surface area contributed by atoms with Gasteiger partial charge in [-0.05, 0) is 17.4 Å². The fourth-order valence-corrected chi connectivity index (χ4v) is 2.92. The van der Waals surface area contributed by atoms with E-state index < -0.39 is 6.10 Å². The van der Waals surface area contributed by atoms with Crippen LogP contribution >= 0.6 is 0 Å². The van der Waals surface area contributed by atoms with Gasteiger partial charge in [0.15, 0.2) is 0 Å². The number of likely N-dealkylation sites (tertiary alicyclic amines) is 1. The van der Waals surface area contributed by atoms with Crippen molar-refractivity contribution < 1.29 is 9.90 Å². The molecule has 4 heteroatoms. The number of nitrogens with zero attached hydrogens (tertiary/aromatic N) is 1. The Morgan fingerprint density at radius 3 is 2.64 bits per heavy atom. The number of hydrogen-bond acceptors (Lipinski definition) is 3. The van der Waals surface area contributed by atoms with E-state index in [9.17, 15) is 9.90 Å². The zero-order valence-electron chi connectivity index (χ0n) is 13.8. The maximum Gasteiger partial charge on any atom is 0.222 e. The van der Waals surface area contributed by atoms with Crippen LogP contribution in [-0.2, 0) is 11.3 Å². The zero-order valence-corrected chi connectivity index (χ0v) is 13.8. The number of carbonyl (C=O) groups is 1. The van der Waals surface area contributed by atoms with Crippen molar-refractivity contribution in [1.82, 2.24) is 10.2 Å². The molecule has 0 spiro atoms. The van der Waals surface area contributed by atoms with Crippen LogP contribution in [0.3, 0.4) is 0 Å². The van der Waals surface area contributed by atoms with Crippen LogP contribution in [0.1, 0.15) is 32.8 Å². The first-order valence-electron chi connectivity index (χ1n) is 8.19. The monoisotopic (exact) mass is 304 g/mol. The standard InChI is InChI=1S/C18H28N2O2/c1-13(2)17(21)9-18(22)19-16-12-20(10-14(16)3)11-15-7-5-4-6-8-15/h4-8,13-14,16-17,21H,9-12H2,1-3H3,(H,19,22)/t14-,16+,17-/m1/s1. The summed E-state index contributed by atoms with van der Waals surface area (Å²) in [5.41, 5.74) is 1.30. The van der Waals surface area contributed by atoms with Gasteiger partial charge in [0.2, 0.25) is 5.91 Å². The molecule has 2 rings (SSSR count). The minimum atomic E-state index is -0.558. The van der Waals surface area contributed by atoms with Gasteiger partial charge in [0.05, 0.1) is 12.5 Å². The van der Waals surface area contributed by atoms with Crippen molar-refractivity contribution in [3.05, 3.63) is 35.9 Å². The van der Waals surface area contributed by atoms with Crippen molar-refractivity contribution in [2.45, 2.75) is 45.9 Å². The highest BCUT2D eigenvalue weighted by Gasteiger charge is 2.31. The zero-order chi connectivity index (χ0) is 16.1. The molecule has 2 N–H and O–H groups in total. The molecule has 0 unspecified atom stereocenters. The Morgan fingerprint density at radius 2 is 2.00 bits per heavy atom. The molecule has 0 aromatic heterocycles. The number of amides is 1. The third-order valence-electron chi connectivity index (χ3n) is 4.45. The van der Waals surface area contributed by atoms with Crippen LogP contribution in [-0.4, -0.2) is 41.1 Å². The maximum absolute atomic E-state index is 12.0. The van der Waals surface area contributed by atoms with E-state index in [0.29, 0.717) is 5.92 Å². The Morgan fingerprint density at radius 1 is 1.32 bits per heavy atom. The summed E-state index contributed by atoms with van der Waals surface area (Å²) in [6, 6.07) is 10.6. The second-order valence-corrected chi connectivity index (χ2v) is 6.85. The smallest absolute Gasteiger partial charge is 0.222 e. The highest BCUT2D eigenvalue weighted by Crippen LogP contribution is 2.19. The molecule has 0 bridgehead atoms. The van der Waals surface area contributed by atoms with Gasteiger partial charge in [-0.1, -0.05) is 51.1 Å². The third-order valence-corrected chi connectivity index (χ3v) is 4.45. The molecular weight excluding hydrogens is 276 g/mol. The molecule has 0 aliphatic carbocycles. The summed E-state index contributed by atoms with van der Waals surface area (Å²) in [5.74, 6) is 0.504. The summed E-state index contributed by atoms with van der Waals surface area (Å²) in [6.07, 6.45) is -0.364. The van der Waals surface area contributed by atoms with Gasteiger partial charge in [0.1, 0.15) is 0 Å². The second kappa shape index (κ2) is 7.75. The van der Waals surface area contributed by atoms with Crippen molar-refractivity contribution >= 4 is 5.91 Å². The molecule has 22 heavy (non-hydrogen) atoms. The number of aliphatic hydroxyl groups excluding tert-OH is 1. The molecule has 1 aliphatic rings. The van der Waals surface area contributed by atoms with Gasteiger partial charge in [-0.3, -0.25) is 9.69 Å². The molecule has 1 aromatic carbocycles. The van der Waals surface area contributed by atoms with Crippen molar-refractivity contribution in [1.29, 1.82) is 0 Å². The van der Waals surface area contributed by atoms with Crippen LogP contribution in [0.15, 0.2) is 30.3 Å².